The van der Waals surface area contributed by atoms with Crippen molar-refractivity contribution in [1.29, 1.82) is 0 Å². The van der Waals surface area contributed by atoms with E-state index in [9.17, 15) is 4.79 Å². The number of rotatable bonds is 7. The normalized spacial score (nSPS) is 15.2. The van der Waals surface area contributed by atoms with Gasteiger partial charge < -0.3 is 5.32 Å². The summed E-state index contributed by atoms with van der Waals surface area (Å²) in [6, 6.07) is 0.635. The van der Waals surface area contributed by atoms with Gasteiger partial charge in [-0.25, -0.2) is 0 Å². The van der Waals surface area contributed by atoms with Crippen molar-refractivity contribution in [2.24, 2.45) is 5.92 Å². The average Bonchev–Trinajstić information content (AvgIpc) is 3.04. The summed E-state index contributed by atoms with van der Waals surface area (Å²) >= 11 is 0. The lowest BCUT2D eigenvalue weighted by atomic mass is 10.1. The monoisotopic (exact) mass is 222 g/mol. The SMILES string of the molecule is C#CCNC(=O)CN(CCC(C)C)C1CC1. The van der Waals surface area contributed by atoms with E-state index >= 15 is 0 Å². The summed E-state index contributed by atoms with van der Waals surface area (Å²) in [7, 11) is 0. The molecule has 1 rings (SSSR count). The second-order valence-corrected chi connectivity index (χ2v) is 4.87. The highest BCUT2D eigenvalue weighted by Gasteiger charge is 2.29. The van der Waals surface area contributed by atoms with Crippen molar-refractivity contribution in [3.63, 3.8) is 0 Å². The van der Waals surface area contributed by atoms with Crippen molar-refractivity contribution in [3.8, 4) is 12.3 Å². The lowest BCUT2D eigenvalue weighted by Crippen LogP contribution is -2.39. The van der Waals surface area contributed by atoms with Crippen molar-refractivity contribution in [1.82, 2.24) is 10.2 Å². The molecule has 0 aromatic carbocycles. The zero-order valence-corrected chi connectivity index (χ0v) is 10.3. The molecule has 16 heavy (non-hydrogen) atoms. The maximum atomic E-state index is 11.5. The van der Waals surface area contributed by atoms with E-state index in [1.54, 1.807) is 0 Å². The van der Waals surface area contributed by atoms with Crippen molar-refractivity contribution in [2.75, 3.05) is 19.6 Å². The van der Waals surface area contributed by atoms with E-state index in [0.29, 0.717) is 25.0 Å². The third-order valence-electron chi connectivity index (χ3n) is 2.79. The van der Waals surface area contributed by atoms with Gasteiger partial charge in [-0.3, -0.25) is 9.69 Å². The summed E-state index contributed by atoms with van der Waals surface area (Å²) in [5, 5.41) is 2.72. The molecule has 1 N–H and O–H groups in total. The molecule has 0 aromatic heterocycles. The number of terminal acetylenes is 1. The molecule has 90 valence electrons. The van der Waals surface area contributed by atoms with Crippen LogP contribution in [0.4, 0.5) is 0 Å². The van der Waals surface area contributed by atoms with Gasteiger partial charge in [0.05, 0.1) is 13.1 Å². The lowest BCUT2D eigenvalue weighted by molar-refractivity contribution is -0.122. The van der Waals surface area contributed by atoms with E-state index in [4.69, 9.17) is 6.42 Å². The molecule has 0 aromatic rings. The molecule has 1 aliphatic carbocycles. The summed E-state index contributed by atoms with van der Waals surface area (Å²) in [5.41, 5.74) is 0. The third-order valence-corrected chi connectivity index (χ3v) is 2.79. The summed E-state index contributed by atoms with van der Waals surface area (Å²) in [6.07, 6.45) is 8.72. The van der Waals surface area contributed by atoms with Crippen LogP contribution in [0.25, 0.3) is 0 Å². The Labute approximate surface area is 98.6 Å². The molecular formula is C13H22N2O. The van der Waals surface area contributed by atoms with Crippen LogP contribution in [0.2, 0.25) is 0 Å². The smallest absolute Gasteiger partial charge is 0.234 e. The summed E-state index contributed by atoms with van der Waals surface area (Å²) < 4.78 is 0. The number of amides is 1. The number of nitrogens with zero attached hydrogens (tertiary/aromatic N) is 1. The number of carbonyl (C=O) groups excluding carboxylic acids is 1. The van der Waals surface area contributed by atoms with E-state index in [-0.39, 0.29) is 5.91 Å². The molecule has 0 saturated heterocycles. The number of hydrogen-bond acceptors (Lipinski definition) is 2. The molecule has 0 radical (unpaired) electrons. The fraction of sp³-hybridized carbons (Fsp3) is 0.769. The van der Waals surface area contributed by atoms with E-state index in [2.05, 4.69) is 30.0 Å². The van der Waals surface area contributed by atoms with E-state index < -0.39 is 0 Å². The lowest BCUT2D eigenvalue weighted by Gasteiger charge is -2.22. The topological polar surface area (TPSA) is 32.3 Å². The molecule has 3 nitrogen and oxygen atoms in total. The van der Waals surface area contributed by atoms with Gasteiger partial charge in [-0.2, -0.15) is 0 Å². The Bertz CT molecular complexity index is 264. The molecule has 1 amide bonds. The first-order chi connectivity index (χ1) is 7.63. The highest BCUT2D eigenvalue weighted by atomic mass is 16.2. The van der Waals surface area contributed by atoms with E-state index in [1.165, 1.54) is 12.8 Å². The fourth-order valence-electron chi connectivity index (χ4n) is 1.64. The standard InChI is InChI=1S/C13H22N2O/c1-4-8-14-13(16)10-15(12-5-6-12)9-7-11(2)3/h1,11-12H,5-10H2,2-3H3,(H,14,16). The molecule has 0 unspecified atom stereocenters. The van der Waals surface area contributed by atoms with E-state index in [1.807, 2.05) is 0 Å². The second-order valence-electron chi connectivity index (χ2n) is 4.87. The van der Waals surface area contributed by atoms with Gasteiger partial charge in [0, 0.05) is 6.04 Å². The van der Waals surface area contributed by atoms with Crippen molar-refractivity contribution >= 4 is 5.91 Å². The van der Waals surface area contributed by atoms with Gasteiger partial charge in [0.15, 0.2) is 0 Å². The Kier molecular flexibility index (Phi) is 5.34. The molecule has 0 aliphatic heterocycles. The maximum absolute atomic E-state index is 11.5. The average molecular weight is 222 g/mol. The quantitative estimate of drug-likeness (QED) is 0.657. The Hall–Kier alpha value is -1.01. The Balaban J connectivity index is 2.27. The van der Waals surface area contributed by atoms with Crippen LogP contribution in [0, 0.1) is 18.3 Å². The Morgan fingerprint density at radius 3 is 2.75 bits per heavy atom. The van der Waals surface area contributed by atoms with Gasteiger partial charge in [-0.1, -0.05) is 19.8 Å². The summed E-state index contributed by atoms with van der Waals surface area (Å²) in [6.45, 7) is 6.28. The van der Waals surface area contributed by atoms with Gasteiger partial charge in [0.25, 0.3) is 0 Å². The fourth-order valence-corrected chi connectivity index (χ4v) is 1.64. The number of hydrogen-bond donors (Lipinski definition) is 1. The minimum Gasteiger partial charge on any atom is -0.344 e. The first kappa shape index (κ1) is 13.1. The zero-order valence-electron chi connectivity index (χ0n) is 10.3. The summed E-state index contributed by atoms with van der Waals surface area (Å²) in [4.78, 5) is 13.8. The molecule has 0 atom stereocenters. The molecule has 0 spiro atoms. The van der Waals surface area contributed by atoms with Crippen LogP contribution in [-0.2, 0) is 4.79 Å². The van der Waals surface area contributed by atoms with Crippen LogP contribution in [0.5, 0.6) is 0 Å². The zero-order chi connectivity index (χ0) is 12.0. The molecule has 1 aliphatic rings. The molecule has 1 fully saturated rings. The predicted molar refractivity (Wildman–Crippen MR) is 65.9 cm³/mol. The van der Waals surface area contributed by atoms with Gasteiger partial charge in [-0.05, 0) is 31.7 Å². The van der Waals surface area contributed by atoms with Crippen LogP contribution in [0.3, 0.4) is 0 Å². The minimum atomic E-state index is 0.0496. The van der Waals surface area contributed by atoms with Gasteiger partial charge in [0.1, 0.15) is 0 Å². The molecule has 0 bridgehead atoms. The summed E-state index contributed by atoms with van der Waals surface area (Å²) in [5.74, 6) is 3.16. The maximum Gasteiger partial charge on any atom is 0.234 e. The molecule has 1 saturated carbocycles. The highest BCUT2D eigenvalue weighted by Crippen LogP contribution is 2.26. The van der Waals surface area contributed by atoms with Crippen molar-refractivity contribution in [3.05, 3.63) is 0 Å². The number of carbonyl (C=O) groups is 1. The number of nitrogens with one attached hydrogen (secondary N) is 1. The molecular weight excluding hydrogens is 200 g/mol. The van der Waals surface area contributed by atoms with Crippen LogP contribution in [0.15, 0.2) is 0 Å². The van der Waals surface area contributed by atoms with Crippen molar-refractivity contribution < 1.29 is 4.79 Å². The Morgan fingerprint density at radius 2 is 2.25 bits per heavy atom. The molecule has 0 heterocycles. The Morgan fingerprint density at radius 1 is 1.56 bits per heavy atom. The van der Waals surface area contributed by atoms with E-state index in [0.717, 1.165) is 13.0 Å². The minimum absolute atomic E-state index is 0.0496. The van der Waals surface area contributed by atoms with Crippen LogP contribution in [-0.4, -0.2) is 36.5 Å². The van der Waals surface area contributed by atoms with Gasteiger partial charge >= 0.3 is 0 Å². The highest BCUT2D eigenvalue weighted by molar-refractivity contribution is 5.78. The van der Waals surface area contributed by atoms with Gasteiger partial charge in [-0.15, -0.1) is 6.42 Å². The second kappa shape index (κ2) is 6.55. The first-order valence-corrected chi connectivity index (χ1v) is 6.07. The molecule has 3 heteroatoms. The van der Waals surface area contributed by atoms with Crippen molar-refractivity contribution in [2.45, 2.75) is 39.2 Å². The predicted octanol–water partition coefficient (Wildman–Crippen LogP) is 1.25. The first-order valence-electron chi connectivity index (χ1n) is 6.07. The van der Waals surface area contributed by atoms with Crippen LogP contribution < -0.4 is 5.32 Å². The van der Waals surface area contributed by atoms with Gasteiger partial charge in [0.2, 0.25) is 5.91 Å². The largest absolute Gasteiger partial charge is 0.344 e. The van der Waals surface area contributed by atoms with Crippen LogP contribution >= 0.6 is 0 Å². The third kappa shape index (κ3) is 5.18. The van der Waals surface area contributed by atoms with Crippen LogP contribution in [0.1, 0.15) is 33.1 Å².